The number of carbonyl (C=O) groups is 1. The number of pyridine rings is 1. The molecule has 5 heteroatoms. The van der Waals surface area contributed by atoms with Crippen LogP contribution in [0, 0.1) is 22.8 Å². The van der Waals surface area contributed by atoms with Crippen molar-refractivity contribution >= 4 is 11.5 Å². The fourth-order valence-corrected chi connectivity index (χ4v) is 1.98. The van der Waals surface area contributed by atoms with Gasteiger partial charge in [-0.1, -0.05) is 36.4 Å². The number of allylic oxidation sites excluding steroid dienone is 1. The number of hydrogen-bond donors (Lipinski definition) is 1. The summed E-state index contributed by atoms with van der Waals surface area (Å²) in [7, 11) is 0. The third-order valence-corrected chi connectivity index (χ3v) is 2.99. The van der Waals surface area contributed by atoms with Crippen molar-refractivity contribution in [3.8, 4) is 12.3 Å². The standard InChI is InChI=1S/C17H12N4O/c18-11-15(16(22)12-21-9-5-2-6-10-21)17(20-13-19)14-7-3-1-4-8-14/h1-10H,12H2/p+1. The van der Waals surface area contributed by atoms with Crippen molar-refractivity contribution in [3.05, 3.63) is 72.1 Å². The Hall–Kier alpha value is -3.44. The molecule has 2 aromatic rings. The summed E-state index contributed by atoms with van der Waals surface area (Å²) in [6.07, 6.45) is 5.27. The van der Waals surface area contributed by atoms with E-state index in [-0.39, 0.29) is 23.6 Å². The largest absolute Gasteiger partial charge is 0.291 e. The van der Waals surface area contributed by atoms with Gasteiger partial charge in [0.1, 0.15) is 11.6 Å². The van der Waals surface area contributed by atoms with Gasteiger partial charge in [0, 0.05) is 17.7 Å². The van der Waals surface area contributed by atoms with E-state index in [0.29, 0.717) is 5.56 Å². The van der Waals surface area contributed by atoms with E-state index >= 15 is 0 Å². The van der Waals surface area contributed by atoms with E-state index in [4.69, 9.17) is 5.26 Å². The van der Waals surface area contributed by atoms with E-state index in [1.54, 1.807) is 59.6 Å². The molecular formula is C17H13N4O+. The SMILES string of the molecule is N#CN/C(=C(/C#N)C(=O)C[n+]1ccccc1)c1ccccc1. The van der Waals surface area contributed by atoms with Gasteiger partial charge in [0.05, 0.1) is 5.70 Å². The number of aromatic nitrogens is 1. The first-order chi connectivity index (χ1) is 10.8. The van der Waals surface area contributed by atoms with E-state index in [1.807, 2.05) is 18.2 Å². The van der Waals surface area contributed by atoms with Crippen molar-refractivity contribution in [2.45, 2.75) is 6.54 Å². The third kappa shape index (κ3) is 3.56. The number of nitrogens with zero attached hydrogens (tertiary/aromatic N) is 3. The summed E-state index contributed by atoms with van der Waals surface area (Å²) in [5, 5.41) is 20.7. The second-order valence-electron chi connectivity index (χ2n) is 4.44. The molecule has 1 aromatic carbocycles. The van der Waals surface area contributed by atoms with Gasteiger partial charge >= 0.3 is 0 Å². The van der Waals surface area contributed by atoms with Gasteiger partial charge in [-0.15, -0.1) is 0 Å². The normalized spacial score (nSPS) is 10.8. The molecule has 0 atom stereocenters. The maximum atomic E-state index is 12.4. The number of ketones is 1. The van der Waals surface area contributed by atoms with Crippen LogP contribution in [0.5, 0.6) is 0 Å². The van der Waals surface area contributed by atoms with Crippen LogP contribution in [0.15, 0.2) is 66.5 Å². The molecule has 0 amide bonds. The first kappa shape index (κ1) is 15.0. The zero-order chi connectivity index (χ0) is 15.8. The van der Waals surface area contributed by atoms with Gasteiger partial charge in [0.25, 0.3) is 0 Å². The Morgan fingerprint density at radius 3 is 2.27 bits per heavy atom. The molecule has 0 fully saturated rings. The average molecular weight is 289 g/mol. The zero-order valence-electron chi connectivity index (χ0n) is 11.7. The summed E-state index contributed by atoms with van der Waals surface area (Å²) in [4.78, 5) is 12.4. The summed E-state index contributed by atoms with van der Waals surface area (Å²) < 4.78 is 1.68. The minimum atomic E-state index is -0.361. The smallest absolute Gasteiger partial charge is 0.240 e. The Bertz CT molecular complexity index is 768. The molecule has 0 aliphatic heterocycles. The van der Waals surface area contributed by atoms with Gasteiger partial charge in [-0.25, -0.2) is 0 Å². The third-order valence-electron chi connectivity index (χ3n) is 2.99. The van der Waals surface area contributed by atoms with Crippen molar-refractivity contribution in [2.24, 2.45) is 0 Å². The predicted molar refractivity (Wildman–Crippen MR) is 79.4 cm³/mol. The van der Waals surface area contributed by atoms with E-state index < -0.39 is 0 Å². The molecule has 1 N–H and O–H groups in total. The fraction of sp³-hybridized carbons (Fsp3) is 0.0588. The zero-order valence-corrected chi connectivity index (χ0v) is 11.7. The summed E-state index contributed by atoms with van der Waals surface area (Å²) in [6.45, 7) is 0.0349. The summed E-state index contributed by atoms with van der Waals surface area (Å²) in [5.41, 5.74) is 0.781. The first-order valence-electron chi connectivity index (χ1n) is 6.58. The average Bonchev–Trinajstić information content (AvgIpc) is 2.56. The molecule has 0 aliphatic carbocycles. The van der Waals surface area contributed by atoms with Gasteiger partial charge in [-0.3, -0.25) is 10.1 Å². The highest BCUT2D eigenvalue weighted by molar-refractivity contribution is 6.05. The molecule has 22 heavy (non-hydrogen) atoms. The van der Waals surface area contributed by atoms with Crippen LogP contribution in [0.25, 0.3) is 5.70 Å². The topological polar surface area (TPSA) is 80.6 Å². The molecule has 0 unspecified atom stereocenters. The van der Waals surface area contributed by atoms with Crippen LogP contribution >= 0.6 is 0 Å². The number of rotatable bonds is 5. The highest BCUT2D eigenvalue weighted by Crippen LogP contribution is 2.16. The number of benzene rings is 1. The van der Waals surface area contributed by atoms with Crippen molar-refractivity contribution < 1.29 is 9.36 Å². The van der Waals surface area contributed by atoms with Crippen LogP contribution < -0.4 is 9.88 Å². The van der Waals surface area contributed by atoms with Crippen LogP contribution in [-0.4, -0.2) is 5.78 Å². The van der Waals surface area contributed by atoms with Crippen LogP contribution in [-0.2, 0) is 11.3 Å². The molecule has 0 saturated carbocycles. The Kier molecular flexibility index (Phi) is 5.01. The van der Waals surface area contributed by atoms with Crippen molar-refractivity contribution in [2.75, 3.05) is 0 Å². The molecule has 1 aromatic heterocycles. The predicted octanol–water partition coefficient (Wildman–Crippen LogP) is 1.55. The van der Waals surface area contributed by atoms with Crippen molar-refractivity contribution in [1.82, 2.24) is 5.32 Å². The number of Topliss-reactive ketones (excluding diaryl/α,β-unsaturated/α-hetero) is 1. The lowest BCUT2D eigenvalue weighted by molar-refractivity contribution is -0.683. The molecule has 1 heterocycles. The number of carbonyl (C=O) groups excluding carboxylic acids is 1. The number of nitriles is 2. The molecule has 0 spiro atoms. The highest BCUT2D eigenvalue weighted by Gasteiger charge is 2.20. The van der Waals surface area contributed by atoms with Gasteiger partial charge in [0.15, 0.2) is 18.6 Å². The lowest BCUT2D eigenvalue weighted by Gasteiger charge is -2.07. The summed E-state index contributed by atoms with van der Waals surface area (Å²) in [5.74, 6) is -0.361. The van der Waals surface area contributed by atoms with Gasteiger partial charge in [0.2, 0.25) is 12.3 Å². The highest BCUT2D eigenvalue weighted by atomic mass is 16.1. The molecule has 5 nitrogen and oxygen atoms in total. The second kappa shape index (κ2) is 7.37. The van der Waals surface area contributed by atoms with E-state index in [0.717, 1.165) is 0 Å². The summed E-state index contributed by atoms with van der Waals surface area (Å²) in [6, 6.07) is 16.2. The lowest BCUT2D eigenvalue weighted by Crippen LogP contribution is -2.37. The lowest BCUT2D eigenvalue weighted by atomic mass is 10.0. The summed E-state index contributed by atoms with van der Waals surface area (Å²) >= 11 is 0. The maximum Gasteiger partial charge on any atom is 0.240 e. The van der Waals surface area contributed by atoms with Crippen LogP contribution in [0.3, 0.4) is 0 Å². The Labute approximate surface area is 128 Å². The van der Waals surface area contributed by atoms with E-state index in [9.17, 15) is 10.1 Å². The Morgan fingerprint density at radius 2 is 1.68 bits per heavy atom. The molecule has 0 radical (unpaired) electrons. The van der Waals surface area contributed by atoms with Crippen LogP contribution in [0.1, 0.15) is 5.56 Å². The van der Waals surface area contributed by atoms with Crippen LogP contribution in [0.4, 0.5) is 0 Å². The van der Waals surface area contributed by atoms with Crippen molar-refractivity contribution in [1.29, 1.82) is 10.5 Å². The quantitative estimate of drug-likeness (QED) is 0.298. The molecular weight excluding hydrogens is 276 g/mol. The van der Waals surface area contributed by atoms with Crippen LogP contribution in [0.2, 0.25) is 0 Å². The minimum absolute atomic E-state index is 0.0349. The number of nitrogens with one attached hydrogen (secondary N) is 1. The van der Waals surface area contributed by atoms with Crippen molar-refractivity contribution in [3.63, 3.8) is 0 Å². The molecule has 0 aliphatic rings. The second-order valence-corrected chi connectivity index (χ2v) is 4.44. The molecule has 2 rings (SSSR count). The fourth-order valence-electron chi connectivity index (χ4n) is 1.98. The molecule has 106 valence electrons. The number of hydrogen-bond acceptors (Lipinski definition) is 4. The van der Waals surface area contributed by atoms with Gasteiger partial charge in [-0.2, -0.15) is 15.1 Å². The van der Waals surface area contributed by atoms with E-state index in [1.165, 1.54) is 0 Å². The van der Waals surface area contributed by atoms with E-state index in [2.05, 4.69) is 5.32 Å². The maximum absolute atomic E-state index is 12.4. The molecule has 0 saturated heterocycles. The monoisotopic (exact) mass is 289 g/mol. The van der Waals surface area contributed by atoms with Gasteiger partial charge < -0.3 is 0 Å². The Balaban J connectivity index is 2.40. The Morgan fingerprint density at radius 1 is 1.05 bits per heavy atom. The minimum Gasteiger partial charge on any atom is -0.291 e. The van der Waals surface area contributed by atoms with Gasteiger partial charge in [-0.05, 0) is 0 Å². The first-order valence-corrected chi connectivity index (χ1v) is 6.58. The molecule has 0 bridgehead atoms.